The third-order valence-corrected chi connectivity index (χ3v) is 8.73. The Morgan fingerprint density at radius 3 is 2.59 bits per heavy atom. The molecule has 6 nitrogen and oxygen atoms in total. The van der Waals surface area contributed by atoms with Gasteiger partial charge in [0.1, 0.15) is 4.21 Å². The summed E-state index contributed by atoms with van der Waals surface area (Å²) in [6, 6.07) is 5.68. The highest BCUT2D eigenvalue weighted by Crippen LogP contribution is 2.31. The van der Waals surface area contributed by atoms with Crippen LogP contribution in [0.5, 0.6) is 0 Å². The van der Waals surface area contributed by atoms with Crippen molar-refractivity contribution in [2.75, 3.05) is 31.1 Å². The van der Waals surface area contributed by atoms with Crippen molar-refractivity contribution in [2.24, 2.45) is 5.92 Å². The van der Waals surface area contributed by atoms with Crippen LogP contribution < -0.4 is 4.90 Å². The fourth-order valence-corrected chi connectivity index (χ4v) is 6.71. The van der Waals surface area contributed by atoms with Crippen LogP contribution in [0.2, 0.25) is 0 Å². The largest absolute Gasteiger partial charge is 0.355 e. The van der Waals surface area contributed by atoms with E-state index in [1.54, 1.807) is 10.4 Å². The monoisotopic (exact) mass is 406 g/mol. The number of aromatic nitrogens is 2. The van der Waals surface area contributed by atoms with Gasteiger partial charge in [-0.2, -0.15) is 4.31 Å². The number of nitrogens with zero attached hydrogens (tertiary/aromatic N) is 4. The fourth-order valence-electron chi connectivity index (χ4n) is 3.86. The van der Waals surface area contributed by atoms with Crippen molar-refractivity contribution < 1.29 is 8.42 Å². The summed E-state index contributed by atoms with van der Waals surface area (Å²) >= 11 is 1.27. The first-order chi connectivity index (χ1) is 13.0. The molecule has 0 spiro atoms. The Kier molecular flexibility index (Phi) is 5.48. The van der Waals surface area contributed by atoms with Gasteiger partial charge in [0.15, 0.2) is 5.82 Å². The molecular weight excluding hydrogens is 380 g/mol. The van der Waals surface area contributed by atoms with E-state index in [2.05, 4.69) is 22.0 Å². The average Bonchev–Trinajstić information content (AvgIpc) is 3.20. The zero-order valence-electron chi connectivity index (χ0n) is 15.7. The van der Waals surface area contributed by atoms with Crippen LogP contribution in [0, 0.1) is 5.92 Å². The molecule has 2 aromatic heterocycles. The van der Waals surface area contributed by atoms with Crippen LogP contribution in [0.25, 0.3) is 11.3 Å². The van der Waals surface area contributed by atoms with Gasteiger partial charge in [0.25, 0.3) is 10.0 Å². The van der Waals surface area contributed by atoms with Gasteiger partial charge < -0.3 is 4.90 Å². The molecule has 0 aromatic carbocycles. The minimum atomic E-state index is -3.39. The van der Waals surface area contributed by atoms with Gasteiger partial charge in [-0.3, -0.25) is 0 Å². The second-order valence-corrected chi connectivity index (χ2v) is 10.7. The molecule has 1 atom stereocenters. The molecule has 0 unspecified atom stereocenters. The summed E-state index contributed by atoms with van der Waals surface area (Å²) in [6.45, 7) is 5.56. The molecule has 0 amide bonds. The van der Waals surface area contributed by atoms with Gasteiger partial charge in [-0.25, -0.2) is 8.42 Å². The van der Waals surface area contributed by atoms with E-state index in [-0.39, 0.29) is 0 Å². The van der Waals surface area contributed by atoms with Crippen molar-refractivity contribution in [1.82, 2.24) is 14.5 Å². The van der Waals surface area contributed by atoms with Crippen molar-refractivity contribution in [3.8, 4) is 11.3 Å². The maximum absolute atomic E-state index is 12.8. The van der Waals surface area contributed by atoms with Crippen LogP contribution in [0.4, 0.5) is 5.82 Å². The molecule has 146 valence electrons. The van der Waals surface area contributed by atoms with Gasteiger partial charge in [-0.15, -0.1) is 21.5 Å². The zero-order chi connectivity index (χ0) is 18.9. The van der Waals surface area contributed by atoms with Crippen LogP contribution in [0.1, 0.15) is 39.0 Å². The molecule has 0 radical (unpaired) electrons. The molecule has 2 aliphatic rings. The SMILES string of the molecule is C[C@@H]1CCCN(c2ccc(-c3csc(S(=O)(=O)N4CCCCC4)c3)nn2)C1. The Morgan fingerprint density at radius 2 is 1.89 bits per heavy atom. The number of anilines is 1. The lowest BCUT2D eigenvalue weighted by Crippen LogP contribution is -2.35. The third-order valence-electron chi connectivity index (χ3n) is 5.41. The predicted molar refractivity (Wildman–Crippen MR) is 109 cm³/mol. The molecule has 0 aliphatic carbocycles. The normalized spacial score (nSPS) is 22.1. The van der Waals surface area contributed by atoms with Gasteiger partial charge >= 0.3 is 0 Å². The summed E-state index contributed by atoms with van der Waals surface area (Å²) in [6.07, 6.45) is 5.45. The van der Waals surface area contributed by atoms with Gasteiger partial charge in [-0.05, 0) is 49.8 Å². The van der Waals surface area contributed by atoms with Crippen molar-refractivity contribution in [3.05, 3.63) is 23.6 Å². The molecule has 2 aliphatic heterocycles. The minimum absolute atomic E-state index is 0.398. The second-order valence-electron chi connectivity index (χ2n) is 7.59. The van der Waals surface area contributed by atoms with Gasteiger partial charge in [0.2, 0.25) is 0 Å². The Bertz CT molecular complexity index is 873. The third kappa shape index (κ3) is 4.02. The van der Waals surface area contributed by atoms with E-state index in [1.807, 2.05) is 17.5 Å². The molecule has 4 heterocycles. The lowest BCUT2D eigenvalue weighted by Gasteiger charge is -2.31. The molecule has 0 bridgehead atoms. The molecular formula is C19H26N4O2S2. The van der Waals surface area contributed by atoms with Gasteiger partial charge in [-0.1, -0.05) is 13.3 Å². The first kappa shape index (κ1) is 18.8. The quantitative estimate of drug-likeness (QED) is 0.776. The smallest absolute Gasteiger partial charge is 0.252 e. The summed E-state index contributed by atoms with van der Waals surface area (Å²) < 4.78 is 27.6. The van der Waals surface area contributed by atoms with Crippen LogP contribution in [-0.2, 0) is 10.0 Å². The van der Waals surface area contributed by atoms with Gasteiger partial charge in [0, 0.05) is 37.1 Å². The summed E-state index contributed by atoms with van der Waals surface area (Å²) in [5, 5.41) is 10.6. The predicted octanol–water partition coefficient (Wildman–Crippen LogP) is 3.62. The van der Waals surface area contributed by atoms with Crippen molar-refractivity contribution in [2.45, 2.75) is 43.2 Å². The Balaban J connectivity index is 1.51. The van der Waals surface area contributed by atoms with Gasteiger partial charge in [0.05, 0.1) is 5.69 Å². The first-order valence-electron chi connectivity index (χ1n) is 9.72. The maximum atomic E-state index is 12.8. The first-order valence-corrected chi connectivity index (χ1v) is 12.0. The number of piperidine rings is 2. The highest BCUT2D eigenvalue weighted by Gasteiger charge is 2.27. The zero-order valence-corrected chi connectivity index (χ0v) is 17.3. The van der Waals surface area contributed by atoms with Crippen LogP contribution in [-0.4, -0.2) is 49.1 Å². The highest BCUT2D eigenvalue weighted by molar-refractivity contribution is 7.91. The Labute approximate surface area is 165 Å². The lowest BCUT2D eigenvalue weighted by molar-refractivity contribution is 0.347. The number of hydrogen-bond acceptors (Lipinski definition) is 6. The summed E-state index contributed by atoms with van der Waals surface area (Å²) in [4.78, 5) is 2.28. The minimum Gasteiger partial charge on any atom is -0.355 e. The number of thiophene rings is 1. The molecule has 4 rings (SSSR count). The molecule has 0 N–H and O–H groups in total. The Hall–Kier alpha value is -1.51. The van der Waals surface area contributed by atoms with Crippen molar-refractivity contribution in [1.29, 1.82) is 0 Å². The van der Waals surface area contributed by atoms with E-state index in [4.69, 9.17) is 0 Å². The number of rotatable bonds is 4. The van der Waals surface area contributed by atoms with Crippen LogP contribution in [0.3, 0.4) is 0 Å². The molecule has 2 saturated heterocycles. The molecule has 2 fully saturated rings. The topological polar surface area (TPSA) is 66.4 Å². The van der Waals surface area contributed by atoms with E-state index >= 15 is 0 Å². The maximum Gasteiger partial charge on any atom is 0.252 e. The van der Waals surface area contributed by atoms with E-state index in [9.17, 15) is 8.42 Å². The van der Waals surface area contributed by atoms with Crippen molar-refractivity contribution in [3.63, 3.8) is 0 Å². The van der Waals surface area contributed by atoms with E-state index in [1.165, 1.54) is 24.2 Å². The fraction of sp³-hybridized carbons (Fsp3) is 0.579. The van der Waals surface area contributed by atoms with Crippen LogP contribution in [0.15, 0.2) is 27.8 Å². The van der Waals surface area contributed by atoms with Crippen LogP contribution >= 0.6 is 11.3 Å². The molecule has 2 aromatic rings. The second kappa shape index (κ2) is 7.85. The van der Waals surface area contributed by atoms with E-state index in [0.29, 0.717) is 23.2 Å². The highest BCUT2D eigenvalue weighted by atomic mass is 32.2. The van der Waals surface area contributed by atoms with E-state index < -0.39 is 10.0 Å². The summed E-state index contributed by atoms with van der Waals surface area (Å²) in [5.74, 6) is 1.58. The van der Waals surface area contributed by atoms with E-state index in [0.717, 1.165) is 49.4 Å². The average molecular weight is 407 g/mol. The summed E-state index contributed by atoms with van der Waals surface area (Å²) in [7, 11) is -3.39. The number of hydrogen-bond donors (Lipinski definition) is 0. The molecule has 8 heteroatoms. The number of sulfonamides is 1. The Morgan fingerprint density at radius 1 is 1.07 bits per heavy atom. The summed E-state index contributed by atoms with van der Waals surface area (Å²) in [5.41, 5.74) is 1.54. The molecule has 0 saturated carbocycles. The standard InChI is InChI=1S/C19H26N4O2S2/c1-15-6-5-9-22(13-15)18-8-7-17(20-21-18)16-12-19(26-14-16)27(24,25)23-10-3-2-4-11-23/h7-8,12,14-15H,2-6,9-11,13H2,1H3/t15-/m1/s1. The lowest BCUT2D eigenvalue weighted by atomic mass is 10.0. The molecule has 27 heavy (non-hydrogen) atoms. The van der Waals surface area contributed by atoms with Crippen molar-refractivity contribution >= 4 is 27.2 Å².